The first-order valence-electron chi connectivity index (χ1n) is 8.08. The van der Waals surface area contributed by atoms with Gasteiger partial charge in [0.2, 0.25) is 0 Å². The van der Waals surface area contributed by atoms with Gasteiger partial charge in [-0.05, 0) is 44.2 Å². The second-order valence-electron chi connectivity index (χ2n) is 6.44. The fraction of sp³-hybridized carbons (Fsp3) is 0.611. The molecular weight excluding hydrogens is 264 g/mol. The topological polar surface area (TPSA) is 35.5 Å². The summed E-state index contributed by atoms with van der Waals surface area (Å²) in [6, 6.07) is 5.66. The Bertz CT molecular complexity index is 503. The zero-order chi connectivity index (χ0) is 14.7. The van der Waals surface area contributed by atoms with Crippen LogP contribution in [0.4, 0.5) is 0 Å². The molecule has 1 heterocycles. The molecule has 1 saturated heterocycles. The molecule has 0 radical (unpaired) electrons. The number of aryl methyl sites for hydroxylation is 1. The lowest BCUT2D eigenvalue weighted by molar-refractivity contribution is -0.0749. The standard InChI is InChI=1S/C18H24O3/c1-14-6-5-7-15(12-19)17(14)20-13-16-8-11-18(21-16)9-3-2-4-10-18/h5-7,12,16H,2-4,8-11,13H2,1H3. The Morgan fingerprint density at radius 1 is 1.29 bits per heavy atom. The van der Waals surface area contributed by atoms with Crippen molar-refractivity contribution in [2.75, 3.05) is 6.61 Å². The number of hydrogen-bond donors (Lipinski definition) is 0. The van der Waals surface area contributed by atoms with Gasteiger partial charge in [0.25, 0.3) is 0 Å². The number of para-hydroxylation sites is 1. The molecule has 1 aromatic rings. The Morgan fingerprint density at radius 3 is 2.86 bits per heavy atom. The van der Waals surface area contributed by atoms with E-state index in [4.69, 9.17) is 9.47 Å². The minimum absolute atomic E-state index is 0.130. The van der Waals surface area contributed by atoms with Gasteiger partial charge in [0.1, 0.15) is 12.4 Å². The molecule has 2 aliphatic rings. The zero-order valence-electron chi connectivity index (χ0n) is 12.8. The first kappa shape index (κ1) is 14.6. The van der Waals surface area contributed by atoms with Gasteiger partial charge in [-0.3, -0.25) is 4.79 Å². The van der Waals surface area contributed by atoms with Crippen LogP contribution in [-0.2, 0) is 4.74 Å². The SMILES string of the molecule is Cc1cccc(C=O)c1OCC1CCC2(CCCCC2)O1. The molecule has 0 N–H and O–H groups in total. The Hall–Kier alpha value is -1.35. The third kappa shape index (κ3) is 3.13. The molecule has 1 spiro atoms. The van der Waals surface area contributed by atoms with Crippen LogP contribution in [0.15, 0.2) is 18.2 Å². The van der Waals surface area contributed by atoms with Crippen molar-refractivity contribution >= 4 is 6.29 Å². The molecule has 1 unspecified atom stereocenters. The summed E-state index contributed by atoms with van der Waals surface area (Å²) in [5.41, 5.74) is 1.76. The molecule has 21 heavy (non-hydrogen) atoms. The van der Waals surface area contributed by atoms with E-state index in [2.05, 4.69) is 0 Å². The first-order chi connectivity index (χ1) is 10.2. The summed E-state index contributed by atoms with van der Waals surface area (Å²) in [5, 5.41) is 0. The molecule has 0 bridgehead atoms. The number of rotatable bonds is 4. The summed E-state index contributed by atoms with van der Waals surface area (Å²) >= 11 is 0. The van der Waals surface area contributed by atoms with E-state index in [1.54, 1.807) is 6.07 Å². The average Bonchev–Trinajstić information content (AvgIpc) is 2.89. The van der Waals surface area contributed by atoms with Crippen molar-refractivity contribution in [3.8, 4) is 5.75 Å². The van der Waals surface area contributed by atoms with Gasteiger partial charge in [-0.2, -0.15) is 0 Å². The minimum Gasteiger partial charge on any atom is -0.490 e. The second kappa shape index (κ2) is 6.18. The normalized spacial score (nSPS) is 24.1. The molecule has 3 rings (SSSR count). The van der Waals surface area contributed by atoms with Crippen LogP contribution in [-0.4, -0.2) is 24.6 Å². The van der Waals surface area contributed by atoms with E-state index in [9.17, 15) is 4.79 Å². The molecule has 1 atom stereocenters. The van der Waals surface area contributed by atoms with Crippen LogP contribution < -0.4 is 4.74 Å². The van der Waals surface area contributed by atoms with Crippen molar-refractivity contribution in [3.63, 3.8) is 0 Å². The fourth-order valence-corrected chi connectivity index (χ4v) is 3.72. The van der Waals surface area contributed by atoms with E-state index in [-0.39, 0.29) is 11.7 Å². The number of carbonyl (C=O) groups excluding carboxylic acids is 1. The molecule has 0 amide bonds. The largest absolute Gasteiger partial charge is 0.490 e. The number of aldehydes is 1. The van der Waals surface area contributed by atoms with E-state index in [0.29, 0.717) is 17.9 Å². The van der Waals surface area contributed by atoms with Crippen LogP contribution in [0.25, 0.3) is 0 Å². The molecule has 1 aliphatic heterocycles. The molecular formula is C18H24O3. The van der Waals surface area contributed by atoms with Crippen molar-refractivity contribution in [1.82, 2.24) is 0 Å². The quantitative estimate of drug-likeness (QED) is 0.783. The Balaban J connectivity index is 1.60. The van der Waals surface area contributed by atoms with Crippen molar-refractivity contribution in [2.45, 2.75) is 63.6 Å². The molecule has 2 fully saturated rings. The molecule has 1 aliphatic carbocycles. The van der Waals surface area contributed by atoms with E-state index >= 15 is 0 Å². The van der Waals surface area contributed by atoms with Crippen LogP contribution in [0.2, 0.25) is 0 Å². The van der Waals surface area contributed by atoms with E-state index in [1.807, 2.05) is 19.1 Å². The van der Waals surface area contributed by atoms with E-state index < -0.39 is 0 Å². The predicted molar refractivity (Wildman–Crippen MR) is 82.0 cm³/mol. The van der Waals surface area contributed by atoms with E-state index in [0.717, 1.165) is 24.7 Å². The van der Waals surface area contributed by atoms with Gasteiger partial charge in [0, 0.05) is 0 Å². The average molecular weight is 288 g/mol. The van der Waals surface area contributed by atoms with Crippen LogP contribution in [0.5, 0.6) is 5.75 Å². The summed E-state index contributed by atoms with van der Waals surface area (Å²) in [4.78, 5) is 11.1. The van der Waals surface area contributed by atoms with Gasteiger partial charge in [-0.25, -0.2) is 0 Å². The number of benzene rings is 1. The summed E-state index contributed by atoms with van der Waals surface area (Å²) in [7, 11) is 0. The van der Waals surface area contributed by atoms with E-state index in [1.165, 1.54) is 32.1 Å². The number of hydrogen-bond acceptors (Lipinski definition) is 3. The van der Waals surface area contributed by atoms with Gasteiger partial charge in [0.15, 0.2) is 6.29 Å². The van der Waals surface area contributed by atoms with Gasteiger partial charge in [0.05, 0.1) is 17.3 Å². The lowest BCUT2D eigenvalue weighted by Crippen LogP contribution is -2.33. The predicted octanol–water partition coefficient (Wildman–Crippen LogP) is 4.07. The van der Waals surface area contributed by atoms with Gasteiger partial charge >= 0.3 is 0 Å². The highest BCUT2D eigenvalue weighted by molar-refractivity contribution is 5.80. The maximum Gasteiger partial charge on any atom is 0.153 e. The summed E-state index contributed by atoms with van der Waals surface area (Å²) in [6.07, 6.45) is 9.60. The van der Waals surface area contributed by atoms with Crippen molar-refractivity contribution in [3.05, 3.63) is 29.3 Å². The van der Waals surface area contributed by atoms with Gasteiger partial charge < -0.3 is 9.47 Å². The third-order valence-electron chi connectivity index (χ3n) is 4.89. The molecule has 3 nitrogen and oxygen atoms in total. The highest BCUT2D eigenvalue weighted by Gasteiger charge is 2.40. The van der Waals surface area contributed by atoms with Crippen LogP contribution >= 0.6 is 0 Å². The molecule has 114 valence electrons. The third-order valence-corrected chi connectivity index (χ3v) is 4.89. The minimum atomic E-state index is 0.130. The summed E-state index contributed by atoms with van der Waals surface area (Å²) < 4.78 is 12.2. The lowest BCUT2D eigenvalue weighted by Gasteiger charge is -2.33. The van der Waals surface area contributed by atoms with Crippen molar-refractivity contribution in [2.24, 2.45) is 0 Å². The smallest absolute Gasteiger partial charge is 0.153 e. The molecule has 1 aromatic carbocycles. The fourth-order valence-electron chi connectivity index (χ4n) is 3.72. The monoisotopic (exact) mass is 288 g/mol. The van der Waals surface area contributed by atoms with Crippen molar-refractivity contribution in [1.29, 1.82) is 0 Å². The first-order valence-corrected chi connectivity index (χ1v) is 8.08. The molecule has 0 aromatic heterocycles. The highest BCUT2D eigenvalue weighted by Crippen LogP contribution is 2.42. The van der Waals surface area contributed by atoms with Crippen molar-refractivity contribution < 1.29 is 14.3 Å². The Labute approximate surface area is 126 Å². The molecule has 1 saturated carbocycles. The van der Waals surface area contributed by atoms with Crippen LogP contribution in [0, 0.1) is 6.92 Å². The second-order valence-corrected chi connectivity index (χ2v) is 6.44. The summed E-state index contributed by atoms with van der Waals surface area (Å²) in [5.74, 6) is 0.709. The summed E-state index contributed by atoms with van der Waals surface area (Å²) in [6.45, 7) is 2.52. The van der Waals surface area contributed by atoms with Gasteiger partial charge in [-0.1, -0.05) is 31.4 Å². The molecule has 3 heteroatoms. The highest BCUT2D eigenvalue weighted by atomic mass is 16.6. The Kier molecular flexibility index (Phi) is 4.29. The number of carbonyl (C=O) groups is 1. The lowest BCUT2D eigenvalue weighted by atomic mass is 9.83. The maximum absolute atomic E-state index is 11.1. The number of ether oxygens (including phenoxy) is 2. The van der Waals surface area contributed by atoms with Crippen LogP contribution in [0.3, 0.4) is 0 Å². The van der Waals surface area contributed by atoms with Crippen LogP contribution in [0.1, 0.15) is 60.9 Å². The van der Waals surface area contributed by atoms with Gasteiger partial charge in [-0.15, -0.1) is 0 Å². The maximum atomic E-state index is 11.1. The zero-order valence-corrected chi connectivity index (χ0v) is 12.8. The Morgan fingerprint density at radius 2 is 2.10 bits per heavy atom.